The van der Waals surface area contributed by atoms with Crippen LogP contribution in [0.3, 0.4) is 0 Å². The van der Waals surface area contributed by atoms with Gasteiger partial charge in [-0.3, -0.25) is 0 Å². The van der Waals surface area contributed by atoms with Gasteiger partial charge in [0, 0.05) is 6.54 Å². The number of ether oxygens (including phenoxy) is 1. The highest BCUT2D eigenvalue weighted by Crippen LogP contribution is 2.41. The van der Waals surface area contributed by atoms with Crippen molar-refractivity contribution >= 4 is 0 Å². The number of hydrogen-bond donors (Lipinski definition) is 1. The molecule has 0 saturated carbocycles. The van der Waals surface area contributed by atoms with E-state index in [1.807, 2.05) is 0 Å². The standard InChI is InChI=1S/C14H19NO/c1-16-13-6-5-11-9-15-8-7-10-3-2-4-12(13)14(10)11/h5-6,10,15H,2-4,7-9H2,1H3. The third kappa shape index (κ3) is 1.52. The first-order chi connectivity index (χ1) is 7.90. The van der Waals surface area contributed by atoms with Crippen LogP contribution in [-0.4, -0.2) is 13.7 Å². The second-order valence-electron chi connectivity index (χ2n) is 4.87. The fourth-order valence-corrected chi connectivity index (χ4v) is 3.26. The van der Waals surface area contributed by atoms with Crippen LogP contribution in [0, 0.1) is 0 Å². The number of rotatable bonds is 1. The maximum atomic E-state index is 5.50. The predicted molar refractivity (Wildman–Crippen MR) is 65.0 cm³/mol. The molecule has 1 N–H and O–H groups in total. The van der Waals surface area contributed by atoms with Gasteiger partial charge in [-0.1, -0.05) is 6.07 Å². The molecule has 16 heavy (non-hydrogen) atoms. The maximum absolute atomic E-state index is 5.50. The minimum absolute atomic E-state index is 0.767. The van der Waals surface area contributed by atoms with Gasteiger partial charge in [-0.15, -0.1) is 0 Å². The molecule has 1 unspecified atom stereocenters. The van der Waals surface area contributed by atoms with Crippen LogP contribution in [0.15, 0.2) is 12.1 Å². The monoisotopic (exact) mass is 217 g/mol. The summed E-state index contributed by atoms with van der Waals surface area (Å²) in [6, 6.07) is 4.39. The van der Waals surface area contributed by atoms with E-state index in [-0.39, 0.29) is 0 Å². The Balaban J connectivity index is 2.16. The van der Waals surface area contributed by atoms with Crippen molar-refractivity contribution in [2.75, 3.05) is 13.7 Å². The fourth-order valence-electron chi connectivity index (χ4n) is 3.26. The maximum Gasteiger partial charge on any atom is 0.122 e. The van der Waals surface area contributed by atoms with E-state index in [1.54, 1.807) is 12.7 Å². The molecule has 2 aliphatic rings. The zero-order chi connectivity index (χ0) is 11.0. The van der Waals surface area contributed by atoms with Gasteiger partial charge in [0.1, 0.15) is 5.75 Å². The van der Waals surface area contributed by atoms with Crippen molar-refractivity contribution in [3.8, 4) is 5.75 Å². The SMILES string of the molecule is COc1ccc2c3c1CCCC3CCNC2. The van der Waals surface area contributed by atoms with Gasteiger partial charge in [0.05, 0.1) is 7.11 Å². The Morgan fingerprint density at radius 3 is 3.12 bits per heavy atom. The summed E-state index contributed by atoms with van der Waals surface area (Å²) >= 11 is 0. The molecule has 1 heterocycles. The van der Waals surface area contributed by atoms with Crippen LogP contribution in [0.4, 0.5) is 0 Å². The lowest BCUT2D eigenvalue weighted by Gasteiger charge is -2.27. The summed E-state index contributed by atoms with van der Waals surface area (Å²) in [7, 11) is 1.79. The lowest BCUT2D eigenvalue weighted by Crippen LogP contribution is -2.13. The van der Waals surface area contributed by atoms with E-state index in [0.29, 0.717) is 0 Å². The molecule has 0 saturated heterocycles. The number of benzene rings is 1. The Bertz CT molecular complexity index is 400. The number of methoxy groups -OCH3 is 1. The van der Waals surface area contributed by atoms with Crippen LogP contribution in [0.1, 0.15) is 41.9 Å². The zero-order valence-electron chi connectivity index (χ0n) is 9.88. The smallest absolute Gasteiger partial charge is 0.122 e. The van der Waals surface area contributed by atoms with Crippen molar-refractivity contribution in [1.29, 1.82) is 0 Å². The van der Waals surface area contributed by atoms with Crippen LogP contribution < -0.4 is 10.1 Å². The van der Waals surface area contributed by atoms with E-state index in [4.69, 9.17) is 4.74 Å². The molecule has 86 valence electrons. The fraction of sp³-hybridized carbons (Fsp3) is 0.571. The van der Waals surface area contributed by atoms with Crippen molar-refractivity contribution in [1.82, 2.24) is 5.32 Å². The second kappa shape index (κ2) is 4.10. The van der Waals surface area contributed by atoms with Gasteiger partial charge in [-0.2, -0.15) is 0 Å². The molecule has 0 radical (unpaired) electrons. The molecule has 0 aromatic heterocycles. The van der Waals surface area contributed by atoms with Crippen LogP contribution in [0.2, 0.25) is 0 Å². The van der Waals surface area contributed by atoms with Gasteiger partial charge >= 0.3 is 0 Å². The molecule has 0 bridgehead atoms. The molecule has 1 aromatic rings. The zero-order valence-corrected chi connectivity index (χ0v) is 9.88. The van der Waals surface area contributed by atoms with Crippen molar-refractivity contribution in [2.45, 2.75) is 38.1 Å². The molecule has 2 heteroatoms. The van der Waals surface area contributed by atoms with Gasteiger partial charge in [0.25, 0.3) is 0 Å². The largest absolute Gasteiger partial charge is 0.496 e. The van der Waals surface area contributed by atoms with Crippen LogP contribution >= 0.6 is 0 Å². The third-order valence-electron chi connectivity index (χ3n) is 4.00. The summed E-state index contributed by atoms with van der Waals surface area (Å²) in [4.78, 5) is 0. The number of nitrogens with one attached hydrogen (secondary N) is 1. The van der Waals surface area contributed by atoms with Gasteiger partial charge < -0.3 is 10.1 Å². The highest BCUT2D eigenvalue weighted by atomic mass is 16.5. The van der Waals surface area contributed by atoms with Crippen LogP contribution in [0.5, 0.6) is 5.75 Å². The molecule has 1 aliphatic heterocycles. The summed E-state index contributed by atoms with van der Waals surface area (Å²) in [5.74, 6) is 1.87. The quantitative estimate of drug-likeness (QED) is 0.780. The van der Waals surface area contributed by atoms with E-state index in [9.17, 15) is 0 Å². The lowest BCUT2D eigenvalue weighted by atomic mass is 9.79. The normalized spacial score (nSPS) is 23.4. The van der Waals surface area contributed by atoms with E-state index < -0.39 is 0 Å². The second-order valence-corrected chi connectivity index (χ2v) is 4.87. The average Bonchev–Trinajstić information content (AvgIpc) is 2.54. The Labute approximate surface area is 97.0 Å². The van der Waals surface area contributed by atoms with Gasteiger partial charge in [-0.05, 0) is 60.9 Å². The van der Waals surface area contributed by atoms with Crippen molar-refractivity contribution in [2.24, 2.45) is 0 Å². The Kier molecular flexibility index (Phi) is 2.60. The Morgan fingerprint density at radius 1 is 1.31 bits per heavy atom. The lowest BCUT2D eigenvalue weighted by molar-refractivity contribution is 0.402. The molecule has 3 rings (SSSR count). The molecule has 0 fully saturated rings. The van der Waals surface area contributed by atoms with Crippen molar-refractivity contribution in [3.63, 3.8) is 0 Å². The Morgan fingerprint density at radius 2 is 2.25 bits per heavy atom. The van der Waals surface area contributed by atoms with E-state index in [2.05, 4.69) is 17.4 Å². The minimum atomic E-state index is 0.767. The molecular formula is C14H19NO. The molecule has 1 aromatic carbocycles. The predicted octanol–water partition coefficient (Wildman–Crippen LogP) is 2.61. The third-order valence-corrected chi connectivity index (χ3v) is 4.00. The summed E-state index contributed by atoms with van der Waals surface area (Å²) in [6.45, 7) is 2.18. The molecule has 0 amide bonds. The minimum Gasteiger partial charge on any atom is -0.496 e. The van der Waals surface area contributed by atoms with E-state index in [0.717, 1.165) is 24.8 Å². The highest BCUT2D eigenvalue weighted by molar-refractivity contribution is 5.48. The first kappa shape index (κ1) is 10.2. The van der Waals surface area contributed by atoms with E-state index in [1.165, 1.54) is 36.8 Å². The topological polar surface area (TPSA) is 21.3 Å². The molecule has 1 aliphatic carbocycles. The average molecular weight is 217 g/mol. The summed E-state index contributed by atoms with van der Waals surface area (Å²) in [6.07, 6.45) is 5.16. The summed E-state index contributed by atoms with van der Waals surface area (Å²) in [5, 5.41) is 3.52. The van der Waals surface area contributed by atoms with Gasteiger partial charge in [0.2, 0.25) is 0 Å². The van der Waals surface area contributed by atoms with Gasteiger partial charge in [-0.25, -0.2) is 0 Å². The molecular weight excluding hydrogens is 198 g/mol. The molecule has 2 nitrogen and oxygen atoms in total. The first-order valence-electron chi connectivity index (χ1n) is 6.29. The van der Waals surface area contributed by atoms with Crippen LogP contribution in [-0.2, 0) is 13.0 Å². The molecule has 0 spiro atoms. The summed E-state index contributed by atoms with van der Waals surface area (Å²) in [5.41, 5.74) is 4.59. The summed E-state index contributed by atoms with van der Waals surface area (Å²) < 4.78 is 5.50. The van der Waals surface area contributed by atoms with Gasteiger partial charge in [0.15, 0.2) is 0 Å². The van der Waals surface area contributed by atoms with Crippen LogP contribution in [0.25, 0.3) is 0 Å². The molecule has 1 atom stereocenters. The first-order valence-corrected chi connectivity index (χ1v) is 6.29. The number of hydrogen-bond acceptors (Lipinski definition) is 2. The highest BCUT2D eigenvalue weighted by Gasteiger charge is 2.26. The van der Waals surface area contributed by atoms with Crippen molar-refractivity contribution < 1.29 is 4.74 Å². The van der Waals surface area contributed by atoms with Crippen molar-refractivity contribution in [3.05, 3.63) is 28.8 Å². The van der Waals surface area contributed by atoms with E-state index >= 15 is 0 Å². The Hall–Kier alpha value is -1.02.